The second kappa shape index (κ2) is 14.4. The Morgan fingerprint density at radius 2 is 1.04 bits per heavy atom. The standard InChI is InChI=1S/C34H66N4O8/c1-28(2)18-24(19-29(3,4)37(28)45-22-32(9,10)43)34(36-27(41)42,16-14-13-15-17-35-26(39)40)25-20-30(5,6)38(31(7,8)21-25)46-23-33(11,12)44/h24-25,35-36,43-44H,13-23H2,1-12H3,(H,39,40)(H,41,42). The predicted molar refractivity (Wildman–Crippen MR) is 178 cm³/mol. The maximum Gasteiger partial charge on any atom is 0.405 e. The lowest BCUT2D eigenvalue weighted by molar-refractivity contribution is -0.315. The van der Waals surface area contributed by atoms with Gasteiger partial charge in [0.15, 0.2) is 0 Å². The third-order valence-electron chi connectivity index (χ3n) is 9.62. The molecule has 2 rings (SSSR count). The van der Waals surface area contributed by atoms with Gasteiger partial charge in [0.25, 0.3) is 0 Å². The molecule has 270 valence electrons. The zero-order chi connectivity index (χ0) is 35.6. The first-order valence-electron chi connectivity index (χ1n) is 16.9. The molecule has 0 spiro atoms. The minimum Gasteiger partial charge on any atom is -0.465 e. The van der Waals surface area contributed by atoms with Crippen LogP contribution in [0, 0.1) is 11.8 Å². The van der Waals surface area contributed by atoms with E-state index in [4.69, 9.17) is 14.8 Å². The van der Waals surface area contributed by atoms with Gasteiger partial charge in [-0.25, -0.2) is 9.59 Å². The number of amides is 2. The number of hydroxylamine groups is 4. The largest absolute Gasteiger partial charge is 0.465 e. The Bertz CT molecular complexity index is 937. The molecule has 2 aliphatic rings. The molecule has 12 nitrogen and oxygen atoms in total. The number of carboxylic acid groups (broad SMARTS) is 2. The van der Waals surface area contributed by atoms with E-state index < -0.39 is 51.1 Å². The summed E-state index contributed by atoms with van der Waals surface area (Å²) in [6.45, 7) is 24.5. The molecule has 2 saturated heterocycles. The van der Waals surface area contributed by atoms with Crippen LogP contribution in [0.2, 0.25) is 0 Å². The number of piperidine rings is 2. The van der Waals surface area contributed by atoms with Crippen molar-refractivity contribution in [3.05, 3.63) is 0 Å². The van der Waals surface area contributed by atoms with Crippen molar-refractivity contribution in [1.29, 1.82) is 0 Å². The van der Waals surface area contributed by atoms with Gasteiger partial charge in [0.05, 0.1) is 24.4 Å². The van der Waals surface area contributed by atoms with Gasteiger partial charge in [-0.05, 0) is 133 Å². The molecule has 0 atom stereocenters. The Morgan fingerprint density at radius 1 is 0.674 bits per heavy atom. The lowest BCUT2D eigenvalue weighted by Crippen LogP contribution is -2.71. The Labute approximate surface area is 277 Å². The van der Waals surface area contributed by atoms with Gasteiger partial charge in [-0.15, -0.1) is 0 Å². The van der Waals surface area contributed by atoms with Crippen LogP contribution in [0.3, 0.4) is 0 Å². The van der Waals surface area contributed by atoms with Crippen LogP contribution in [0.4, 0.5) is 9.59 Å². The van der Waals surface area contributed by atoms with Crippen LogP contribution >= 0.6 is 0 Å². The van der Waals surface area contributed by atoms with Gasteiger partial charge in [0.1, 0.15) is 0 Å². The van der Waals surface area contributed by atoms with Crippen LogP contribution in [0.25, 0.3) is 0 Å². The predicted octanol–water partition coefficient (Wildman–Crippen LogP) is 5.76. The zero-order valence-corrected chi connectivity index (χ0v) is 30.7. The summed E-state index contributed by atoms with van der Waals surface area (Å²) in [7, 11) is 0. The first-order chi connectivity index (χ1) is 20.6. The van der Waals surface area contributed by atoms with E-state index in [1.54, 1.807) is 27.7 Å². The lowest BCUT2D eigenvalue weighted by Gasteiger charge is -2.62. The number of hydrogen-bond acceptors (Lipinski definition) is 8. The van der Waals surface area contributed by atoms with Gasteiger partial charge >= 0.3 is 12.2 Å². The van der Waals surface area contributed by atoms with E-state index in [0.717, 1.165) is 12.8 Å². The number of rotatable bonds is 15. The molecule has 0 aromatic heterocycles. The van der Waals surface area contributed by atoms with Gasteiger partial charge in [-0.1, -0.05) is 12.8 Å². The molecule has 46 heavy (non-hydrogen) atoms. The van der Waals surface area contributed by atoms with E-state index in [2.05, 4.69) is 66.0 Å². The van der Waals surface area contributed by atoms with Crippen molar-refractivity contribution < 1.29 is 39.7 Å². The molecule has 0 aromatic rings. The Balaban J connectivity index is 2.57. The van der Waals surface area contributed by atoms with Gasteiger partial charge in [0, 0.05) is 34.2 Å². The van der Waals surface area contributed by atoms with E-state index >= 15 is 0 Å². The third kappa shape index (κ3) is 10.9. The van der Waals surface area contributed by atoms with Crippen LogP contribution in [-0.2, 0) is 9.68 Å². The van der Waals surface area contributed by atoms with E-state index in [1.165, 1.54) is 0 Å². The van der Waals surface area contributed by atoms with Gasteiger partial charge in [-0.3, -0.25) is 9.68 Å². The van der Waals surface area contributed by atoms with Crippen molar-refractivity contribution in [3.63, 3.8) is 0 Å². The monoisotopic (exact) mass is 658 g/mol. The fraction of sp³-hybridized carbons (Fsp3) is 0.941. The number of hydrogen-bond donors (Lipinski definition) is 6. The smallest absolute Gasteiger partial charge is 0.405 e. The van der Waals surface area contributed by atoms with Gasteiger partial charge in [0.2, 0.25) is 0 Å². The minimum atomic E-state index is -1.06. The molecule has 0 unspecified atom stereocenters. The quantitative estimate of drug-likeness (QED) is 0.119. The molecule has 0 bridgehead atoms. The van der Waals surface area contributed by atoms with E-state index in [1.807, 2.05) is 10.1 Å². The highest BCUT2D eigenvalue weighted by molar-refractivity contribution is 5.66. The van der Waals surface area contributed by atoms with Crippen molar-refractivity contribution in [3.8, 4) is 0 Å². The third-order valence-corrected chi connectivity index (χ3v) is 9.62. The molecular formula is C34H66N4O8. The fourth-order valence-corrected chi connectivity index (χ4v) is 8.52. The lowest BCUT2D eigenvalue weighted by atomic mass is 9.56. The van der Waals surface area contributed by atoms with Crippen molar-refractivity contribution in [1.82, 2.24) is 20.8 Å². The van der Waals surface area contributed by atoms with Crippen LogP contribution in [0.15, 0.2) is 0 Å². The molecule has 2 heterocycles. The van der Waals surface area contributed by atoms with E-state index in [-0.39, 0.29) is 25.0 Å². The number of unbranched alkanes of at least 4 members (excludes halogenated alkanes) is 2. The van der Waals surface area contributed by atoms with Gasteiger partial charge in [-0.2, -0.15) is 10.1 Å². The van der Waals surface area contributed by atoms with Crippen molar-refractivity contribution in [2.24, 2.45) is 11.8 Å². The molecule has 0 aliphatic carbocycles. The maximum atomic E-state index is 12.8. The van der Waals surface area contributed by atoms with Crippen LogP contribution in [0.1, 0.15) is 134 Å². The first kappa shape index (κ1) is 40.5. The Morgan fingerprint density at radius 3 is 1.35 bits per heavy atom. The number of carbonyl (C=O) groups is 2. The number of aliphatic hydroxyl groups is 2. The van der Waals surface area contributed by atoms with Crippen LogP contribution in [-0.4, -0.2) is 101 Å². The SMILES string of the molecule is CC(C)(O)CON1C(C)(C)CC(C(CCCCCNC(=O)O)(NC(=O)O)C2CC(C)(C)N(OCC(C)(C)O)C(C)(C)C2)CC1(C)C. The summed E-state index contributed by atoms with van der Waals surface area (Å²) in [6, 6.07) is 0. The fourth-order valence-electron chi connectivity index (χ4n) is 8.52. The maximum absolute atomic E-state index is 12.8. The minimum absolute atomic E-state index is 0.0480. The first-order valence-corrected chi connectivity index (χ1v) is 16.9. The average molecular weight is 659 g/mol. The topological polar surface area (TPSA) is 164 Å². The molecule has 0 aromatic carbocycles. The Hall–Kier alpha value is -1.70. The molecule has 6 N–H and O–H groups in total. The molecule has 2 amide bonds. The van der Waals surface area contributed by atoms with Crippen LogP contribution < -0.4 is 10.6 Å². The van der Waals surface area contributed by atoms with Crippen LogP contribution in [0.5, 0.6) is 0 Å². The van der Waals surface area contributed by atoms with E-state index in [0.29, 0.717) is 45.1 Å². The molecule has 2 aliphatic heterocycles. The van der Waals surface area contributed by atoms with Crippen molar-refractivity contribution >= 4 is 12.2 Å². The molecular weight excluding hydrogens is 592 g/mol. The summed E-state index contributed by atoms with van der Waals surface area (Å²) in [5, 5.41) is 49.9. The summed E-state index contributed by atoms with van der Waals surface area (Å²) in [5.74, 6) is -0.0960. The highest BCUT2D eigenvalue weighted by Gasteiger charge is 2.59. The van der Waals surface area contributed by atoms with Crippen molar-refractivity contribution in [2.45, 2.75) is 173 Å². The highest BCUT2D eigenvalue weighted by Crippen LogP contribution is 2.54. The molecule has 12 heteroatoms. The molecule has 2 fully saturated rings. The van der Waals surface area contributed by atoms with Crippen molar-refractivity contribution in [2.75, 3.05) is 19.8 Å². The summed E-state index contributed by atoms with van der Waals surface area (Å²) in [5.41, 5.74) is -4.71. The molecule has 0 saturated carbocycles. The average Bonchev–Trinajstić information content (AvgIpc) is 2.80. The zero-order valence-electron chi connectivity index (χ0n) is 30.7. The Kier molecular flexibility index (Phi) is 12.7. The summed E-state index contributed by atoms with van der Waals surface area (Å²) in [6.07, 6.45) is 3.31. The summed E-state index contributed by atoms with van der Waals surface area (Å²) in [4.78, 5) is 36.4. The molecule has 0 radical (unpaired) electrons. The normalized spacial score (nSPS) is 22.8. The second-order valence-electron chi connectivity index (χ2n) is 17.7. The second-order valence-corrected chi connectivity index (χ2v) is 17.7. The van der Waals surface area contributed by atoms with Gasteiger partial charge < -0.3 is 31.1 Å². The number of nitrogens with zero attached hydrogens (tertiary/aromatic N) is 2. The summed E-state index contributed by atoms with van der Waals surface area (Å²) < 4.78 is 0. The summed E-state index contributed by atoms with van der Waals surface area (Å²) >= 11 is 0. The number of nitrogens with one attached hydrogen (secondary N) is 2. The highest BCUT2D eigenvalue weighted by atomic mass is 16.7. The van der Waals surface area contributed by atoms with E-state index in [9.17, 15) is 24.9 Å².